The van der Waals surface area contributed by atoms with Crippen LogP contribution in [0.2, 0.25) is 0 Å². The van der Waals surface area contributed by atoms with Crippen molar-refractivity contribution in [2.24, 2.45) is 0 Å². The normalized spacial score (nSPS) is 13.5. The van der Waals surface area contributed by atoms with E-state index in [2.05, 4.69) is 28.4 Å². The second-order valence-corrected chi connectivity index (χ2v) is 10.6. The molecule has 9 heteroatoms. The van der Waals surface area contributed by atoms with E-state index in [0.29, 0.717) is 16.1 Å². The molecule has 0 radical (unpaired) electrons. The largest absolute Gasteiger partial charge is 0.312 e. The number of rotatable bonds is 5. The number of thiophene rings is 1. The summed E-state index contributed by atoms with van der Waals surface area (Å²) in [4.78, 5) is 16.3. The molecule has 1 amide bonds. The van der Waals surface area contributed by atoms with Crippen molar-refractivity contribution in [3.8, 4) is 6.07 Å². The van der Waals surface area contributed by atoms with Gasteiger partial charge in [0.2, 0.25) is 0 Å². The second-order valence-electron chi connectivity index (χ2n) is 7.52. The van der Waals surface area contributed by atoms with Gasteiger partial charge in [0, 0.05) is 36.3 Å². The molecule has 6 nitrogen and oxygen atoms in total. The maximum Gasteiger partial charge on any atom is 0.256 e. The molecule has 3 aromatic rings. The van der Waals surface area contributed by atoms with E-state index in [-0.39, 0.29) is 23.2 Å². The molecule has 0 unspecified atom stereocenters. The molecule has 4 rings (SSSR count). The number of halogens is 1. The molecular formula is C23H22ClN3O3S2. The van der Waals surface area contributed by atoms with Gasteiger partial charge in [0.05, 0.1) is 10.5 Å². The summed E-state index contributed by atoms with van der Waals surface area (Å²) >= 11 is 1.44. The lowest BCUT2D eigenvalue weighted by Crippen LogP contribution is -2.29. The van der Waals surface area contributed by atoms with Crippen molar-refractivity contribution in [3.63, 3.8) is 0 Å². The van der Waals surface area contributed by atoms with Gasteiger partial charge in [-0.1, -0.05) is 30.3 Å². The average molecular weight is 488 g/mol. The number of anilines is 1. The Morgan fingerprint density at radius 2 is 1.84 bits per heavy atom. The third-order valence-electron chi connectivity index (χ3n) is 5.27. The summed E-state index contributed by atoms with van der Waals surface area (Å²) in [7, 11) is -3.32. The van der Waals surface area contributed by atoms with Crippen molar-refractivity contribution < 1.29 is 13.2 Å². The number of carbonyl (C=O) groups is 1. The SMILES string of the molecule is CS(=O)(=O)c1ccc(C(=O)Nc2sc3c(c2C#N)CCN(Cc2ccccc2)C3)cc1.Cl. The van der Waals surface area contributed by atoms with Crippen LogP contribution in [-0.2, 0) is 29.3 Å². The Kier molecular flexibility index (Phi) is 7.36. The van der Waals surface area contributed by atoms with E-state index in [0.717, 1.165) is 42.8 Å². The lowest BCUT2D eigenvalue weighted by Gasteiger charge is -2.26. The van der Waals surface area contributed by atoms with Crippen molar-refractivity contribution in [1.29, 1.82) is 5.26 Å². The second kappa shape index (κ2) is 9.84. The summed E-state index contributed by atoms with van der Waals surface area (Å²) in [5, 5.41) is 13.1. The number of nitrogens with one attached hydrogen (secondary N) is 1. The predicted octanol–water partition coefficient (Wildman–Crippen LogP) is 4.26. The van der Waals surface area contributed by atoms with Crippen molar-refractivity contribution in [3.05, 3.63) is 81.7 Å². The van der Waals surface area contributed by atoms with Gasteiger partial charge in [-0.2, -0.15) is 5.26 Å². The third-order valence-corrected chi connectivity index (χ3v) is 7.53. The van der Waals surface area contributed by atoms with Gasteiger partial charge in [-0.05, 0) is 41.8 Å². The summed E-state index contributed by atoms with van der Waals surface area (Å²) < 4.78 is 23.2. The third kappa shape index (κ3) is 5.19. The van der Waals surface area contributed by atoms with Crippen LogP contribution in [0.4, 0.5) is 5.00 Å². The summed E-state index contributed by atoms with van der Waals surface area (Å²) in [5.74, 6) is -0.365. The van der Waals surface area contributed by atoms with Crippen LogP contribution in [0.3, 0.4) is 0 Å². The van der Waals surface area contributed by atoms with Crippen LogP contribution in [0, 0.1) is 11.3 Å². The Bertz CT molecular complexity index is 1260. The molecule has 0 spiro atoms. The molecule has 0 atom stereocenters. The smallest absolute Gasteiger partial charge is 0.256 e. The molecule has 0 saturated heterocycles. The van der Waals surface area contributed by atoms with E-state index < -0.39 is 9.84 Å². The number of benzene rings is 2. The highest BCUT2D eigenvalue weighted by Crippen LogP contribution is 2.37. The van der Waals surface area contributed by atoms with Gasteiger partial charge < -0.3 is 5.32 Å². The number of hydrogen-bond donors (Lipinski definition) is 1. The van der Waals surface area contributed by atoms with Gasteiger partial charge in [-0.3, -0.25) is 9.69 Å². The van der Waals surface area contributed by atoms with Crippen molar-refractivity contribution in [1.82, 2.24) is 4.90 Å². The Hall–Kier alpha value is -2.70. The molecule has 0 fully saturated rings. The van der Waals surface area contributed by atoms with Gasteiger partial charge in [-0.25, -0.2) is 8.42 Å². The van der Waals surface area contributed by atoms with E-state index in [1.807, 2.05) is 18.2 Å². The quantitative estimate of drug-likeness (QED) is 0.580. The molecule has 166 valence electrons. The van der Waals surface area contributed by atoms with Crippen molar-refractivity contribution in [2.45, 2.75) is 24.4 Å². The zero-order valence-corrected chi connectivity index (χ0v) is 19.8. The maximum absolute atomic E-state index is 12.7. The molecule has 0 bridgehead atoms. The lowest BCUT2D eigenvalue weighted by molar-refractivity contribution is 0.102. The zero-order valence-electron chi connectivity index (χ0n) is 17.4. The van der Waals surface area contributed by atoms with Gasteiger partial charge in [0.15, 0.2) is 9.84 Å². The van der Waals surface area contributed by atoms with Crippen LogP contribution in [0.25, 0.3) is 0 Å². The molecule has 2 aromatic carbocycles. The first-order valence-corrected chi connectivity index (χ1v) is 12.5. The summed E-state index contributed by atoms with van der Waals surface area (Å²) in [6, 6.07) is 18.3. The minimum absolute atomic E-state index is 0. The summed E-state index contributed by atoms with van der Waals surface area (Å²) in [6.45, 7) is 2.44. The van der Waals surface area contributed by atoms with Gasteiger partial charge >= 0.3 is 0 Å². The van der Waals surface area contributed by atoms with E-state index in [9.17, 15) is 18.5 Å². The molecule has 2 heterocycles. The first kappa shape index (κ1) is 24.0. The van der Waals surface area contributed by atoms with Gasteiger partial charge in [-0.15, -0.1) is 23.7 Å². The lowest BCUT2D eigenvalue weighted by atomic mass is 10.0. The van der Waals surface area contributed by atoms with E-state index in [4.69, 9.17) is 0 Å². The fourth-order valence-corrected chi connectivity index (χ4v) is 5.53. The number of carbonyl (C=O) groups excluding carboxylic acids is 1. The highest BCUT2D eigenvalue weighted by molar-refractivity contribution is 7.90. The number of hydrogen-bond acceptors (Lipinski definition) is 6. The Morgan fingerprint density at radius 3 is 2.47 bits per heavy atom. The number of amides is 1. The molecule has 0 aliphatic carbocycles. The van der Waals surface area contributed by atoms with Gasteiger partial charge in [0.1, 0.15) is 11.1 Å². The Balaban J connectivity index is 0.00000289. The summed E-state index contributed by atoms with van der Waals surface area (Å²) in [6.07, 6.45) is 1.89. The van der Waals surface area contributed by atoms with Crippen LogP contribution in [0.15, 0.2) is 59.5 Å². The van der Waals surface area contributed by atoms with Crippen molar-refractivity contribution >= 4 is 44.5 Å². The van der Waals surface area contributed by atoms with Gasteiger partial charge in [0.25, 0.3) is 5.91 Å². The average Bonchev–Trinajstić information content (AvgIpc) is 3.10. The maximum atomic E-state index is 12.7. The van der Waals surface area contributed by atoms with Crippen LogP contribution >= 0.6 is 23.7 Å². The molecule has 1 N–H and O–H groups in total. The summed E-state index contributed by atoms with van der Waals surface area (Å²) in [5.41, 5.74) is 3.13. The van der Waals surface area contributed by atoms with Crippen LogP contribution in [-0.4, -0.2) is 32.0 Å². The molecule has 1 aliphatic rings. The van der Waals surface area contributed by atoms with E-state index >= 15 is 0 Å². The minimum atomic E-state index is -3.32. The monoisotopic (exact) mass is 487 g/mol. The number of sulfone groups is 1. The van der Waals surface area contributed by atoms with Crippen LogP contribution in [0.5, 0.6) is 0 Å². The minimum Gasteiger partial charge on any atom is -0.312 e. The standard InChI is InChI=1S/C23H21N3O3S2.ClH/c1-31(28,29)18-9-7-17(8-10-18)22(27)25-23-20(13-24)19-11-12-26(15-21(19)30-23)14-16-5-3-2-4-6-16;/h2-10H,11-12,14-15H2,1H3,(H,25,27);1H. The molecule has 32 heavy (non-hydrogen) atoms. The Morgan fingerprint density at radius 1 is 1.16 bits per heavy atom. The van der Waals surface area contributed by atoms with E-state index in [1.165, 1.54) is 41.2 Å². The topological polar surface area (TPSA) is 90.3 Å². The first-order chi connectivity index (χ1) is 14.8. The highest BCUT2D eigenvalue weighted by Gasteiger charge is 2.25. The fourth-order valence-electron chi connectivity index (χ4n) is 3.67. The zero-order chi connectivity index (χ0) is 22.0. The number of nitriles is 1. The molecular weight excluding hydrogens is 466 g/mol. The highest BCUT2D eigenvalue weighted by atomic mass is 35.5. The van der Waals surface area contributed by atoms with Crippen LogP contribution < -0.4 is 5.32 Å². The van der Waals surface area contributed by atoms with Crippen LogP contribution in [0.1, 0.15) is 31.9 Å². The molecule has 1 aliphatic heterocycles. The molecule has 1 aromatic heterocycles. The van der Waals surface area contributed by atoms with E-state index in [1.54, 1.807) is 0 Å². The first-order valence-electron chi connectivity index (χ1n) is 9.77. The molecule has 0 saturated carbocycles. The predicted molar refractivity (Wildman–Crippen MR) is 128 cm³/mol. The Labute approximate surface area is 197 Å². The fraction of sp³-hybridized carbons (Fsp3) is 0.217. The number of nitrogens with zero attached hydrogens (tertiary/aromatic N) is 2. The van der Waals surface area contributed by atoms with Crippen molar-refractivity contribution in [2.75, 3.05) is 18.1 Å². The number of fused-ring (bicyclic) bond motifs is 1.